The van der Waals surface area contributed by atoms with E-state index in [1.165, 1.54) is 50.0 Å². The van der Waals surface area contributed by atoms with Gasteiger partial charge < -0.3 is 10.1 Å². The number of hydrogen-bond acceptors (Lipinski definition) is 4. The SMILES string of the molecule is CCCNC(CCC1CCCO1)C1SCCSC1CC. The van der Waals surface area contributed by atoms with Crippen molar-refractivity contribution in [1.29, 1.82) is 0 Å². The Morgan fingerprint density at radius 3 is 2.80 bits per heavy atom. The van der Waals surface area contributed by atoms with E-state index in [1.807, 2.05) is 0 Å². The van der Waals surface area contributed by atoms with Gasteiger partial charge in [0.05, 0.1) is 6.10 Å². The van der Waals surface area contributed by atoms with Crippen LogP contribution in [0.25, 0.3) is 0 Å². The lowest BCUT2D eigenvalue weighted by Gasteiger charge is -2.37. The summed E-state index contributed by atoms with van der Waals surface area (Å²) in [5.74, 6) is 2.67. The van der Waals surface area contributed by atoms with Crippen molar-refractivity contribution in [3.8, 4) is 0 Å². The van der Waals surface area contributed by atoms with Crippen molar-refractivity contribution >= 4 is 23.5 Å². The molecule has 2 heterocycles. The molecule has 2 rings (SSSR count). The molecule has 1 N–H and O–H groups in total. The Bertz CT molecular complexity index is 259. The van der Waals surface area contributed by atoms with Crippen molar-refractivity contribution in [2.45, 2.75) is 75.0 Å². The zero-order valence-corrected chi connectivity index (χ0v) is 14.7. The Hall–Kier alpha value is 0.620. The highest BCUT2D eigenvalue weighted by Gasteiger charge is 2.32. The first-order chi connectivity index (χ1) is 9.85. The lowest BCUT2D eigenvalue weighted by molar-refractivity contribution is 0.0994. The fourth-order valence-corrected chi connectivity index (χ4v) is 6.56. The molecule has 4 atom stereocenters. The summed E-state index contributed by atoms with van der Waals surface area (Å²) >= 11 is 4.41. The zero-order valence-electron chi connectivity index (χ0n) is 13.1. The first kappa shape index (κ1) is 17.0. The quantitative estimate of drug-likeness (QED) is 0.731. The van der Waals surface area contributed by atoms with Crippen LogP contribution < -0.4 is 5.32 Å². The maximum atomic E-state index is 5.81. The fourth-order valence-electron chi connectivity index (χ4n) is 3.26. The fraction of sp³-hybridized carbons (Fsp3) is 1.00. The van der Waals surface area contributed by atoms with E-state index in [0.29, 0.717) is 12.1 Å². The predicted octanol–water partition coefficient (Wildman–Crippen LogP) is 3.94. The van der Waals surface area contributed by atoms with Crippen molar-refractivity contribution in [3.63, 3.8) is 0 Å². The van der Waals surface area contributed by atoms with Gasteiger partial charge in [-0.05, 0) is 45.1 Å². The molecule has 0 amide bonds. The van der Waals surface area contributed by atoms with Gasteiger partial charge in [0.15, 0.2) is 0 Å². The van der Waals surface area contributed by atoms with Crippen LogP contribution >= 0.6 is 23.5 Å². The Balaban J connectivity index is 1.86. The largest absolute Gasteiger partial charge is 0.378 e. The summed E-state index contributed by atoms with van der Waals surface area (Å²) in [6.45, 7) is 6.77. The number of hydrogen-bond donors (Lipinski definition) is 1. The molecule has 2 nitrogen and oxygen atoms in total. The highest BCUT2D eigenvalue weighted by molar-refractivity contribution is 8.07. The summed E-state index contributed by atoms with van der Waals surface area (Å²) in [5, 5.41) is 5.48. The highest BCUT2D eigenvalue weighted by atomic mass is 32.2. The molecule has 2 saturated heterocycles. The van der Waals surface area contributed by atoms with Gasteiger partial charge in [0, 0.05) is 34.7 Å². The Labute approximate surface area is 133 Å². The van der Waals surface area contributed by atoms with Crippen LogP contribution in [0, 0.1) is 0 Å². The molecule has 0 bridgehead atoms. The van der Waals surface area contributed by atoms with Gasteiger partial charge in [0.1, 0.15) is 0 Å². The van der Waals surface area contributed by atoms with E-state index in [0.717, 1.165) is 23.7 Å². The van der Waals surface area contributed by atoms with Crippen LogP contribution in [0.5, 0.6) is 0 Å². The molecule has 0 spiro atoms. The van der Waals surface area contributed by atoms with E-state index in [1.54, 1.807) is 0 Å². The van der Waals surface area contributed by atoms with Gasteiger partial charge in [-0.25, -0.2) is 0 Å². The normalized spacial score (nSPS) is 32.4. The highest BCUT2D eigenvalue weighted by Crippen LogP contribution is 2.36. The molecule has 4 heteroatoms. The van der Waals surface area contributed by atoms with Crippen molar-refractivity contribution < 1.29 is 4.74 Å². The summed E-state index contributed by atoms with van der Waals surface area (Å²) in [7, 11) is 0. The average molecular weight is 318 g/mol. The molecule has 0 radical (unpaired) electrons. The molecule has 0 aliphatic carbocycles. The number of nitrogens with one attached hydrogen (secondary N) is 1. The minimum Gasteiger partial charge on any atom is -0.378 e. The van der Waals surface area contributed by atoms with Crippen LogP contribution in [0.1, 0.15) is 52.4 Å². The lowest BCUT2D eigenvalue weighted by atomic mass is 10.00. The number of rotatable bonds is 8. The van der Waals surface area contributed by atoms with Crippen molar-refractivity contribution in [2.24, 2.45) is 0 Å². The van der Waals surface area contributed by atoms with Gasteiger partial charge in [-0.2, -0.15) is 23.5 Å². The van der Waals surface area contributed by atoms with Crippen LogP contribution in [0.4, 0.5) is 0 Å². The Morgan fingerprint density at radius 1 is 1.25 bits per heavy atom. The van der Waals surface area contributed by atoms with Crippen molar-refractivity contribution in [3.05, 3.63) is 0 Å². The van der Waals surface area contributed by atoms with E-state index >= 15 is 0 Å². The van der Waals surface area contributed by atoms with E-state index in [2.05, 4.69) is 42.7 Å². The maximum Gasteiger partial charge on any atom is 0.0576 e. The molecule has 118 valence electrons. The molecule has 0 saturated carbocycles. The molecule has 0 aromatic rings. The summed E-state index contributed by atoms with van der Waals surface area (Å²) < 4.78 is 5.81. The summed E-state index contributed by atoms with van der Waals surface area (Å²) in [6, 6.07) is 0.682. The second-order valence-corrected chi connectivity index (χ2v) is 8.56. The minimum absolute atomic E-state index is 0.544. The summed E-state index contributed by atoms with van der Waals surface area (Å²) in [6.07, 6.45) is 8.18. The topological polar surface area (TPSA) is 21.3 Å². The maximum absolute atomic E-state index is 5.81. The van der Waals surface area contributed by atoms with Gasteiger partial charge in [0.25, 0.3) is 0 Å². The Morgan fingerprint density at radius 2 is 2.10 bits per heavy atom. The lowest BCUT2D eigenvalue weighted by Crippen LogP contribution is -2.45. The first-order valence-electron chi connectivity index (χ1n) is 8.43. The standard InChI is InChI=1S/C16H31NOS2/c1-3-9-17-14(8-7-13-6-5-10-18-13)16-15(4-2)19-11-12-20-16/h13-17H,3-12H2,1-2H3. The van der Waals surface area contributed by atoms with Crippen molar-refractivity contribution in [2.75, 3.05) is 24.7 Å². The molecule has 0 aromatic heterocycles. The van der Waals surface area contributed by atoms with Crippen LogP contribution in [0.2, 0.25) is 0 Å². The third kappa shape index (κ3) is 5.11. The molecule has 20 heavy (non-hydrogen) atoms. The Kier molecular flexibility index (Phi) is 8.15. The van der Waals surface area contributed by atoms with Gasteiger partial charge in [0.2, 0.25) is 0 Å². The van der Waals surface area contributed by atoms with Crippen LogP contribution in [0.3, 0.4) is 0 Å². The molecule has 4 unspecified atom stereocenters. The van der Waals surface area contributed by atoms with Crippen LogP contribution in [0.15, 0.2) is 0 Å². The van der Waals surface area contributed by atoms with Gasteiger partial charge in [-0.1, -0.05) is 13.8 Å². The third-order valence-electron chi connectivity index (χ3n) is 4.37. The monoisotopic (exact) mass is 317 g/mol. The molecule has 2 aliphatic heterocycles. The second-order valence-electron chi connectivity index (χ2n) is 5.93. The zero-order chi connectivity index (χ0) is 14.2. The average Bonchev–Trinajstić information content (AvgIpc) is 3.01. The van der Waals surface area contributed by atoms with Gasteiger partial charge in [-0.3, -0.25) is 0 Å². The van der Waals surface area contributed by atoms with E-state index in [9.17, 15) is 0 Å². The second kappa shape index (κ2) is 9.60. The predicted molar refractivity (Wildman–Crippen MR) is 93.1 cm³/mol. The molecular weight excluding hydrogens is 286 g/mol. The van der Waals surface area contributed by atoms with Crippen molar-refractivity contribution in [1.82, 2.24) is 5.32 Å². The third-order valence-corrected chi connectivity index (χ3v) is 7.78. The van der Waals surface area contributed by atoms with E-state index in [-0.39, 0.29) is 0 Å². The van der Waals surface area contributed by atoms with E-state index in [4.69, 9.17) is 4.74 Å². The number of ether oxygens (including phenoxy) is 1. The minimum atomic E-state index is 0.544. The smallest absolute Gasteiger partial charge is 0.0576 e. The summed E-state index contributed by atoms with van der Waals surface area (Å²) in [4.78, 5) is 0. The molecular formula is C16H31NOS2. The molecule has 2 aliphatic rings. The van der Waals surface area contributed by atoms with E-state index < -0.39 is 0 Å². The van der Waals surface area contributed by atoms with Gasteiger partial charge >= 0.3 is 0 Å². The summed E-state index contributed by atoms with van der Waals surface area (Å²) in [5.41, 5.74) is 0. The first-order valence-corrected chi connectivity index (χ1v) is 10.5. The van der Waals surface area contributed by atoms with Crippen LogP contribution in [-0.2, 0) is 4.74 Å². The molecule has 0 aromatic carbocycles. The molecule has 2 fully saturated rings. The van der Waals surface area contributed by atoms with Gasteiger partial charge in [-0.15, -0.1) is 0 Å². The number of thioether (sulfide) groups is 2. The van der Waals surface area contributed by atoms with Crippen LogP contribution in [-0.4, -0.2) is 47.3 Å².